The van der Waals surface area contributed by atoms with E-state index in [1.165, 1.54) is 0 Å². The number of aromatic amines is 1. The maximum Gasteiger partial charge on any atom is 0.320 e. The van der Waals surface area contributed by atoms with E-state index in [0.29, 0.717) is 32.7 Å². The molecular formula is C30H29F3N4O2. The van der Waals surface area contributed by atoms with Crippen molar-refractivity contribution >= 4 is 17.1 Å². The highest BCUT2D eigenvalue weighted by Gasteiger charge is 2.33. The van der Waals surface area contributed by atoms with Crippen LogP contribution in [0, 0.1) is 31.3 Å². The molecule has 1 N–H and O–H groups in total. The Bertz CT molecular complexity index is 1560. The second-order valence-electron chi connectivity index (χ2n) is 10.4. The molecular weight excluding hydrogens is 505 g/mol. The Morgan fingerprint density at radius 2 is 1.79 bits per heavy atom. The average Bonchev–Trinajstić information content (AvgIpc) is 3.16. The Morgan fingerprint density at radius 3 is 2.59 bits per heavy atom. The molecule has 3 heterocycles. The molecule has 6 nitrogen and oxygen atoms in total. The van der Waals surface area contributed by atoms with E-state index < -0.39 is 23.5 Å². The van der Waals surface area contributed by atoms with Crippen molar-refractivity contribution in [2.45, 2.75) is 45.7 Å². The molecule has 2 aliphatic heterocycles. The van der Waals surface area contributed by atoms with Crippen molar-refractivity contribution in [2.24, 2.45) is 0 Å². The fourth-order valence-electron chi connectivity index (χ4n) is 5.82. The van der Waals surface area contributed by atoms with E-state index in [0.717, 1.165) is 69.8 Å². The first-order valence-electron chi connectivity index (χ1n) is 13.2. The minimum Gasteiger partial charge on any atom is -0.491 e. The number of nitrogens with zero attached hydrogens (tertiary/aromatic N) is 3. The van der Waals surface area contributed by atoms with Crippen molar-refractivity contribution in [1.29, 1.82) is 0 Å². The smallest absolute Gasteiger partial charge is 0.320 e. The summed E-state index contributed by atoms with van der Waals surface area (Å²) in [7, 11) is 0. The number of likely N-dealkylation sites (tertiary alicyclic amines) is 1. The second-order valence-corrected chi connectivity index (χ2v) is 10.4. The van der Waals surface area contributed by atoms with Gasteiger partial charge in [0.1, 0.15) is 18.2 Å². The lowest BCUT2D eigenvalue weighted by molar-refractivity contribution is 0.110. The lowest BCUT2D eigenvalue weighted by Gasteiger charge is -2.39. The third kappa shape index (κ3) is 4.70. The first kappa shape index (κ1) is 25.3. The number of carbonyl (C=O) groups excluding carboxylic acids is 1. The average molecular weight is 535 g/mol. The van der Waals surface area contributed by atoms with Gasteiger partial charge in [-0.2, -0.15) is 0 Å². The number of fused-ring (bicyclic) bond motifs is 2. The third-order valence-electron chi connectivity index (χ3n) is 7.66. The number of aromatic nitrogens is 2. The second kappa shape index (κ2) is 9.94. The van der Waals surface area contributed by atoms with Gasteiger partial charge in [0.15, 0.2) is 17.5 Å². The number of halogens is 3. The van der Waals surface area contributed by atoms with Crippen LogP contribution < -0.4 is 4.74 Å². The normalized spacial score (nSPS) is 17.6. The zero-order chi connectivity index (χ0) is 27.3. The molecule has 2 aliphatic rings. The first-order chi connectivity index (χ1) is 18.8. The quantitative estimate of drug-likeness (QED) is 0.288. The summed E-state index contributed by atoms with van der Waals surface area (Å²) in [5.74, 6) is -2.37. The van der Waals surface area contributed by atoms with Crippen LogP contribution in [0.5, 0.6) is 5.75 Å². The Morgan fingerprint density at radius 1 is 1.00 bits per heavy atom. The summed E-state index contributed by atoms with van der Waals surface area (Å²) in [4.78, 5) is 25.0. The zero-order valence-corrected chi connectivity index (χ0v) is 21.9. The monoisotopic (exact) mass is 534 g/mol. The fourth-order valence-corrected chi connectivity index (χ4v) is 5.82. The molecule has 1 unspecified atom stereocenters. The number of urea groups is 1. The van der Waals surface area contributed by atoms with Crippen LogP contribution in [-0.2, 0) is 6.54 Å². The predicted molar refractivity (Wildman–Crippen MR) is 142 cm³/mol. The summed E-state index contributed by atoms with van der Waals surface area (Å²) in [5.41, 5.74) is 6.03. The lowest BCUT2D eigenvalue weighted by Crippen LogP contribution is -2.47. The van der Waals surface area contributed by atoms with Crippen LogP contribution in [0.2, 0.25) is 0 Å². The molecule has 39 heavy (non-hydrogen) atoms. The van der Waals surface area contributed by atoms with E-state index in [2.05, 4.69) is 28.2 Å². The minimum absolute atomic E-state index is 0.223. The van der Waals surface area contributed by atoms with Gasteiger partial charge >= 0.3 is 6.03 Å². The SMILES string of the molecule is Cc1nc2ccc(-c3cc(C)c4c(c3)CN(C(=O)N3CCCCC3c3cc(F)c(F)c(F)c3)CCO4)cc2[nH]1. The van der Waals surface area contributed by atoms with Crippen molar-refractivity contribution < 1.29 is 22.7 Å². The Balaban J connectivity index is 1.30. The molecule has 1 aromatic heterocycles. The van der Waals surface area contributed by atoms with E-state index in [1.807, 2.05) is 26.0 Å². The van der Waals surface area contributed by atoms with Crippen molar-refractivity contribution in [3.8, 4) is 16.9 Å². The fraction of sp³-hybridized carbons (Fsp3) is 0.333. The number of benzene rings is 3. The molecule has 0 aliphatic carbocycles. The molecule has 0 radical (unpaired) electrons. The van der Waals surface area contributed by atoms with Gasteiger partial charge < -0.3 is 19.5 Å². The van der Waals surface area contributed by atoms with Crippen molar-refractivity contribution in [1.82, 2.24) is 19.8 Å². The summed E-state index contributed by atoms with van der Waals surface area (Å²) in [5, 5.41) is 0. The number of rotatable bonds is 2. The number of hydrogen-bond acceptors (Lipinski definition) is 3. The van der Waals surface area contributed by atoms with Crippen LogP contribution in [0.4, 0.5) is 18.0 Å². The third-order valence-corrected chi connectivity index (χ3v) is 7.66. The van der Waals surface area contributed by atoms with E-state index in [1.54, 1.807) is 9.80 Å². The summed E-state index contributed by atoms with van der Waals surface area (Å²) in [6, 6.07) is 11.5. The van der Waals surface area contributed by atoms with Crippen molar-refractivity contribution in [3.05, 3.63) is 82.4 Å². The van der Waals surface area contributed by atoms with Gasteiger partial charge in [-0.05, 0) is 91.8 Å². The molecule has 0 saturated carbocycles. The Labute approximate surface area is 224 Å². The molecule has 2 amide bonds. The number of nitrogens with one attached hydrogen (secondary N) is 1. The topological polar surface area (TPSA) is 61.5 Å². The molecule has 0 spiro atoms. The van der Waals surface area contributed by atoms with Gasteiger partial charge in [0.2, 0.25) is 0 Å². The van der Waals surface area contributed by atoms with Gasteiger partial charge in [0, 0.05) is 12.1 Å². The molecule has 1 fully saturated rings. The summed E-state index contributed by atoms with van der Waals surface area (Å²) in [6.07, 6.45) is 2.15. The van der Waals surface area contributed by atoms with Crippen molar-refractivity contribution in [2.75, 3.05) is 19.7 Å². The highest BCUT2D eigenvalue weighted by atomic mass is 19.2. The maximum atomic E-state index is 14.0. The van der Waals surface area contributed by atoms with Gasteiger partial charge in [-0.1, -0.05) is 6.07 Å². The maximum absolute atomic E-state index is 14.0. The van der Waals surface area contributed by atoms with E-state index in [9.17, 15) is 18.0 Å². The number of ether oxygens (including phenoxy) is 1. The number of carbonyl (C=O) groups is 1. The number of piperidine rings is 1. The molecule has 3 aromatic carbocycles. The van der Waals surface area contributed by atoms with Crippen LogP contribution in [-0.4, -0.2) is 45.5 Å². The summed E-state index contributed by atoms with van der Waals surface area (Å²) < 4.78 is 47.8. The van der Waals surface area contributed by atoms with Crippen LogP contribution in [0.3, 0.4) is 0 Å². The van der Waals surface area contributed by atoms with Gasteiger partial charge in [0.05, 0.1) is 30.2 Å². The number of imidazole rings is 1. The first-order valence-corrected chi connectivity index (χ1v) is 13.2. The summed E-state index contributed by atoms with van der Waals surface area (Å²) >= 11 is 0. The number of H-pyrrole nitrogens is 1. The van der Waals surface area contributed by atoms with Crippen molar-refractivity contribution in [3.63, 3.8) is 0 Å². The van der Waals surface area contributed by atoms with E-state index in [-0.39, 0.29) is 11.6 Å². The number of amides is 2. The van der Waals surface area contributed by atoms with Crippen LogP contribution in [0.1, 0.15) is 47.8 Å². The Hall–Kier alpha value is -4.01. The molecule has 4 aromatic rings. The van der Waals surface area contributed by atoms with E-state index in [4.69, 9.17) is 4.74 Å². The highest BCUT2D eigenvalue weighted by molar-refractivity contribution is 5.83. The van der Waals surface area contributed by atoms with Gasteiger partial charge in [-0.25, -0.2) is 22.9 Å². The minimum atomic E-state index is -1.50. The predicted octanol–water partition coefficient (Wildman–Crippen LogP) is 6.81. The molecule has 1 atom stereocenters. The van der Waals surface area contributed by atoms with Crippen LogP contribution in [0.15, 0.2) is 42.5 Å². The zero-order valence-electron chi connectivity index (χ0n) is 21.9. The Kier molecular flexibility index (Phi) is 6.45. The van der Waals surface area contributed by atoms with Gasteiger partial charge in [-0.3, -0.25) is 0 Å². The highest BCUT2D eigenvalue weighted by Crippen LogP contribution is 2.36. The number of hydrogen-bond donors (Lipinski definition) is 1. The molecule has 0 bridgehead atoms. The molecule has 1 saturated heterocycles. The number of aryl methyl sites for hydroxylation is 2. The summed E-state index contributed by atoms with van der Waals surface area (Å²) in [6.45, 7) is 5.41. The van der Waals surface area contributed by atoms with Crippen LogP contribution in [0.25, 0.3) is 22.2 Å². The largest absolute Gasteiger partial charge is 0.491 e. The van der Waals surface area contributed by atoms with E-state index >= 15 is 0 Å². The molecule has 9 heteroatoms. The van der Waals surface area contributed by atoms with Gasteiger partial charge in [-0.15, -0.1) is 0 Å². The lowest BCUT2D eigenvalue weighted by atomic mass is 9.95. The molecule has 202 valence electrons. The molecule has 6 rings (SSSR count). The van der Waals surface area contributed by atoms with Gasteiger partial charge in [0.25, 0.3) is 0 Å². The standard InChI is InChI=1S/C30H29F3N4O2/c1-17-11-20(19-6-7-25-26(15-19)35-18(2)34-25)12-22-16-36(9-10-39-29(17)22)30(38)37-8-4-3-5-27(37)21-13-23(31)28(33)24(32)14-21/h6-7,11-15,27H,3-5,8-10,16H2,1-2H3,(H,34,35). The van der Waals surface area contributed by atoms with Crippen LogP contribution >= 0.6 is 0 Å².